The molecule has 0 fully saturated rings. The lowest BCUT2D eigenvalue weighted by Crippen LogP contribution is -2.33. The second kappa shape index (κ2) is 8.25. The van der Waals surface area contributed by atoms with E-state index in [0.29, 0.717) is 6.42 Å². The van der Waals surface area contributed by atoms with Crippen molar-refractivity contribution in [1.29, 1.82) is 0 Å². The summed E-state index contributed by atoms with van der Waals surface area (Å²) in [5.74, 6) is -0.731. The maximum atomic E-state index is 14.1. The Morgan fingerprint density at radius 1 is 0.731 bits per heavy atom. The molecular weight excluding hydrogens is 349 g/mol. The van der Waals surface area contributed by atoms with Gasteiger partial charge in [-0.2, -0.15) is 4.31 Å². The van der Waals surface area contributed by atoms with Gasteiger partial charge in [0.25, 0.3) is 0 Å². The molecule has 0 unspecified atom stereocenters. The summed E-state index contributed by atoms with van der Waals surface area (Å²) >= 11 is 0. The lowest BCUT2D eigenvalue weighted by Gasteiger charge is -2.23. The van der Waals surface area contributed by atoms with Crippen molar-refractivity contribution in [2.75, 3.05) is 6.54 Å². The Morgan fingerprint density at radius 2 is 1.27 bits per heavy atom. The van der Waals surface area contributed by atoms with Gasteiger partial charge in [0.15, 0.2) is 0 Å². The number of sulfonamides is 1. The summed E-state index contributed by atoms with van der Waals surface area (Å²) in [7, 11) is -3.94. The first kappa shape index (κ1) is 18.3. The third kappa shape index (κ3) is 4.36. The predicted molar refractivity (Wildman–Crippen MR) is 101 cm³/mol. The lowest BCUT2D eigenvalue weighted by molar-refractivity contribution is 0.406. The summed E-state index contributed by atoms with van der Waals surface area (Å²) in [6, 6.07) is 24.5. The molecule has 0 radical (unpaired) electrons. The third-order valence-corrected chi connectivity index (χ3v) is 6.03. The van der Waals surface area contributed by atoms with E-state index in [-0.39, 0.29) is 18.0 Å². The van der Waals surface area contributed by atoms with Gasteiger partial charge >= 0.3 is 0 Å². The van der Waals surface area contributed by atoms with Crippen molar-refractivity contribution < 1.29 is 12.8 Å². The first-order chi connectivity index (χ1) is 12.6. The minimum absolute atomic E-state index is 0.199. The number of nitrogens with zero attached hydrogens (tertiary/aromatic N) is 1. The first-order valence-corrected chi connectivity index (χ1v) is 9.84. The van der Waals surface area contributed by atoms with Gasteiger partial charge in [-0.25, -0.2) is 12.8 Å². The summed E-state index contributed by atoms with van der Waals surface area (Å²) in [4.78, 5) is -0.288. The van der Waals surface area contributed by atoms with Gasteiger partial charge in [-0.3, -0.25) is 0 Å². The largest absolute Gasteiger partial charge is 0.246 e. The van der Waals surface area contributed by atoms with Crippen LogP contribution in [0.4, 0.5) is 4.39 Å². The maximum absolute atomic E-state index is 14.1. The zero-order valence-electron chi connectivity index (χ0n) is 14.3. The topological polar surface area (TPSA) is 37.4 Å². The Balaban J connectivity index is 1.90. The van der Waals surface area contributed by atoms with Gasteiger partial charge in [0.1, 0.15) is 10.7 Å². The fraction of sp³-hybridized carbons (Fsp3) is 0.143. The van der Waals surface area contributed by atoms with E-state index in [0.717, 1.165) is 11.1 Å². The molecule has 3 aromatic rings. The molecule has 0 aliphatic heterocycles. The Morgan fingerprint density at radius 3 is 1.88 bits per heavy atom. The van der Waals surface area contributed by atoms with Crippen LogP contribution in [0.15, 0.2) is 89.8 Å². The number of benzene rings is 3. The van der Waals surface area contributed by atoms with Crippen LogP contribution in [0.5, 0.6) is 0 Å². The molecule has 0 heterocycles. The molecule has 0 bridgehead atoms. The van der Waals surface area contributed by atoms with Gasteiger partial charge in [-0.15, -0.1) is 0 Å². The van der Waals surface area contributed by atoms with Crippen LogP contribution in [-0.4, -0.2) is 19.3 Å². The van der Waals surface area contributed by atoms with Gasteiger partial charge in [-0.05, 0) is 29.7 Å². The predicted octanol–water partition coefficient (Wildman–Crippen LogP) is 4.26. The smallest absolute Gasteiger partial charge is 0.207 e. The fourth-order valence-electron chi connectivity index (χ4n) is 2.76. The SMILES string of the molecule is O=S(=O)(c1ccccc1F)N(CCc1ccccc1)Cc1ccccc1. The van der Waals surface area contributed by atoms with Crippen molar-refractivity contribution in [3.63, 3.8) is 0 Å². The molecule has 0 spiro atoms. The van der Waals surface area contributed by atoms with Crippen molar-refractivity contribution in [2.24, 2.45) is 0 Å². The number of halogens is 1. The molecule has 3 rings (SSSR count). The number of rotatable bonds is 7. The van der Waals surface area contributed by atoms with Crippen molar-refractivity contribution in [3.8, 4) is 0 Å². The molecule has 0 aromatic heterocycles. The van der Waals surface area contributed by atoms with E-state index >= 15 is 0 Å². The summed E-state index contributed by atoms with van der Waals surface area (Å²) in [5, 5.41) is 0. The molecule has 0 atom stereocenters. The van der Waals surface area contributed by atoms with E-state index in [9.17, 15) is 12.8 Å². The molecule has 0 aliphatic carbocycles. The Bertz CT molecular complexity index is 944. The fourth-order valence-corrected chi connectivity index (χ4v) is 4.26. The zero-order valence-corrected chi connectivity index (χ0v) is 15.1. The van der Waals surface area contributed by atoms with Gasteiger partial charge in [0.2, 0.25) is 10.0 Å². The second-order valence-corrected chi connectivity index (χ2v) is 7.90. The van der Waals surface area contributed by atoms with Crippen LogP contribution in [0.2, 0.25) is 0 Å². The highest BCUT2D eigenvalue weighted by Gasteiger charge is 2.27. The van der Waals surface area contributed by atoms with Crippen LogP contribution in [-0.2, 0) is 23.0 Å². The molecule has 0 N–H and O–H groups in total. The number of hydrogen-bond donors (Lipinski definition) is 0. The summed E-state index contributed by atoms with van der Waals surface area (Å²) in [5.41, 5.74) is 1.90. The van der Waals surface area contributed by atoms with Crippen LogP contribution >= 0.6 is 0 Å². The zero-order chi connectivity index (χ0) is 18.4. The molecule has 134 valence electrons. The van der Waals surface area contributed by atoms with E-state index in [1.165, 1.54) is 28.6 Å². The van der Waals surface area contributed by atoms with Gasteiger partial charge in [-0.1, -0.05) is 72.8 Å². The average molecular weight is 369 g/mol. The van der Waals surface area contributed by atoms with Crippen LogP contribution in [0.1, 0.15) is 11.1 Å². The van der Waals surface area contributed by atoms with E-state index in [2.05, 4.69) is 0 Å². The van der Waals surface area contributed by atoms with Crippen LogP contribution in [0.25, 0.3) is 0 Å². The highest BCUT2D eigenvalue weighted by atomic mass is 32.2. The molecule has 0 amide bonds. The molecule has 0 saturated carbocycles. The Labute approximate surface area is 153 Å². The molecule has 3 aromatic carbocycles. The second-order valence-electron chi connectivity index (χ2n) is 5.99. The monoisotopic (exact) mass is 369 g/mol. The normalized spacial score (nSPS) is 11.6. The Hall–Kier alpha value is -2.50. The minimum Gasteiger partial charge on any atom is -0.207 e. The van der Waals surface area contributed by atoms with Crippen molar-refractivity contribution >= 4 is 10.0 Å². The van der Waals surface area contributed by atoms with Crippen molar-refractivity contribution in [3.05, 3.63) is 102 Å². The summed E-state index contributed by atoms with van der Waals surface area (Å²) < 4.78 is 41.6. The van der Waals surface area contributed by atoms with Crippen LogP contribution in [0.3, 0.4) is 0 Å². The van der Waals surface area contributed by atoms with Crippen molar-refractivity contribution in [2.45, 2.75) is 17.9 Å². The minimum atomic E-state index is -3.94. The Kier molecular flexibility index (Phi) is 5.81. The quantitative estimate of drug-likeness (QED) is 0.624. The summed E-state index contributed by atoms with van der Waals surface area (Å²) in [6.07, 6.45) is 0.557. The van der Waals surface area contributed by atoms with Crippen LogP contribution < -0.4 is 0 Å². The molecule has 3 nitrogen and oxygen atoms in total. The highest BCUT2D eigenvalue weighted by Crippen LogP contribution is 2.21. The molecular formula is C21H20FNO2S. The van der Waals surface area contributed by atoms with E-state index in [1.807, 2.05) is 60.7 Å². The van der Waals surface area contributed by atoms with Crippen molar-refractivity contribution in [1.82, 2.24) is 4.31 Å². The summed E-state index contributed by atoms with van der Waals surface area (Å²) in [6.45, 7) is 0.472. The third-order valence-electron chi connectivity index (χ3n) is 4.15. The molecule has 0 saturated heterocycles. The van der Waals surface area contributed by atoms with E-state index in [4.69, 9.17) is 0 Å². The highest BCUT2D eigenvalue weighted by molar-refractivity contribution is 7.89. The van der Waals surface area contributed by atoms with Gasteiger partial charge < -0.3 is 0 Å². The standard InChI is InChI=1S/C21H20FNO2S/c22-20-13-7-8-14-21(20)26(24,25)23(17-19-11-5-2-6-12-19)16-15-18-9-3-1-4-10-18/h1-14H,15-17H2. The van der Waals surface area contributed by atoms with E-state index < -0.39 is 15.8 Å². The van der Waals surface area contributed by atoms with E-state index in [1.54, 1.807) is 0 Å². The molecule has 5 heteroatoms. The van der Waals surface area contributed by atoms with Gasteiger partial charge in [0, 0.05) is 13.1 Å². The lowest BCUT2D eigenvalue weighted by atomic mass is 10.1. The molecule has 26 heavy (non-hydrogen) atoms. The van der Waals surface area contributed by atoms with Crippen LogP contribution in [0, 0.1) is 5.82 Å². The van der Waals surface area contributed by atoms with Gasteiger partial charge in [0.05, 0.1) is 0 Å². The average Bonchev–Trinajstić information content (AvgIpc) is 2.67. The first-order valence-electron chi connectivity index (χ1n) is 8.40. The number of hydrogen-bond acceptors (Lipinski definition) is 2. The maximum Gasteiger partial charge on any atom is 0.246 e. The molecule has 0 aliphatic rings.